The average Bonchev–Trinajstić information content (AvgIpc) is 2.67. The maximum atomic E-state index is 14.6. The number of halogens is 1. The van der Waals surface area contributed by atoms with E-state index in [9.17, 15) is 14.4 Å². The van der Waals surface area contributed by atoms with Gasteiger partial charge in [0.1, 0.15) is 24.2 Å². The van der Waals surface area contributed by atoms with Gasteiger partial charge in [-0.25, -0.2) is 9.37 Å². The second kappa shape index (κ2) is 8.61. The minimum absolute atomic E-state index is 0.102. The summed E-state index contributed by atoms with van der Waals surface area (Å²) in [5, 5.41) is 10.1. The molecule has 0 saturated heterocycles. The summed E-state index contributed by atoms with van der Waals surface area (Å²) < 4.78 is 26.4. The van der Waals surface area contributed by atoms with Gasteiger partial charge in [-0.2, -0.15) is 5.26 Å². The molecule has 1 atom stereocenters. The number of fused-ring (bicyclic) bond motifs is 1. The third-order valence-corrected chi connectivity index (χ3v) is 5.72. The summed E-state index contributed by atoms with van der Waals surface area (Å²) in [4.78, 5) is 21.7. The Balaban J connectivity index is 1.99. The first-order valence-corrected chi connectivity index (χ1v) is 10.2. The van der Waals surface area contributed by atoms with Crippen LogP contribution in [0.15, 0.2) is 22.2 Å². The van der Waals surface area contributed by atoms with Crippen LogP contribution in [-0.2, 0) is 21.4 Å². The van der Waals surface area contributed by atoms with Crippen LogP contribution in [0, 0.1) is 23.1 Å². The van der Waals surface area contributed by atoms with Crippen molar-refractivity contribution in [3.8, 4) is 17.3 Å². The van der Waals surface area contributed by atoms with Crippen molar-refractivity contribution >= 4 is 11.8 Å². The smallest absolute Gasteiger partial charge is 0.272 e. The molecule has 0 aromatic carbocycles. The molecule has 0 aliphatic carbocycles. The van der Waals surface area contributed by atoms with Crippen molar-refractivity contribution in [1.82, 2.24) is 14.5 Å². The fourth-order valence-electron chi connectivity index (χ4n) is 3.14. The van der Waals surface area contributed by atoms with Crippen molar-refractivity contribution in [2.75, 3.05) is 26.3 Å². The number of ether oxygens (including phenoxy) is 2. The number of pyridine rings is 1. The Morgan fingerprint density at radius 2 is 2.21 bits per heavy atom. The second-order valence-electron chi connectivity index (χ2n) is 7.90. The Morgan fingerprint density at radius 1 is 1.45 bits per heavy atom. The van der Waals surface area contributed by atoms with Gasteiger partial charge in [0.25, 0.3) is 5.56 Å². The largest absolute Gasteiger partial charge is 0.359 e. The molecule has 0 N–H and O–H groups in total. The lowest BCUT2D eigenvalue weighted by Gasteiger charge is -2.25. The van der Waals surface area contributed by atoms with Crippen LogP contribution >= 0.6 is 11.8 Å². The lowest BCUT2D eigenvalue weighted by molar-refractivity contribution is -0.0431. The molecule has 1 aliphatic rings. The first-order chi connectivity index (χ1) is 13.8. The third-order valence-electron chi connectivity index (χ3n) is 4.51. The van der Waals surface area contributed by atoms with Gasteiger partial charge in [-0.05, 0) is 6.07 Å². The molecule has 7 nitrogen and oxygen atoms in total. The number of hydrogen-bond acceptors (Lipinski definition) is 7. The van der Waals surface area contributed by atoms with Crippen LogP contribution in [0.25, 0.3) is 11.3 Å². The van der Waals surface area contributed by atoms with E-state index >= 15 is 0 Å². The van der Waals surface area contributed by atoms with Gasteiger partial charge in [0.05, 0.1) is 18.0 Å². The van der Waals surface area contributed by atoms with E-state index in [1.165, 1.54) is 28.6 Å². The van der Waals surface area contributed by atoms with Gasteiger partial charge < -0.3 is 9.47 Å². The maximum absolute atomic E-state index is 14.6. The van der Waals surface area contributed by atoms with Crippen LogP contribution in [0.1, 0.15) is 32.0 Å². The summed E-state index contributed by atoms with van der Waals surface area (Å²) in [6, 6.07) is 3.23. The molecule has 2 aromatic heterocycles. The number of aromatic nitrogens is 3. The highest BCUT2D eigenvalue weighted by Gasteiger charge is 2.27. The van der Waals surface area contributed by atoms with Gasteiger partial charge in [-0.15, -0.1) is 0 Å². The quantitative estimate of drug-likeness (QED) is 0.419. The highest BCUT2D eigenvalue weighted by Crippen LogP contribution is 2.30. The fourth-order valence-corrected chi connectivity index (χ4v) is 4.19. The van der Waals surface area contributed by atoms with Crippen LogP contribution in [0.4, 0.5) is 4.39 Å². The van der Waals surface area contributed by atoms with Crippen molar-refractivity contribution in [2.24, 2.45) is 5.92 Å². The van der Waals surface area contributed by atoms with E-state index in [0.29, 0.717) is 29.6 Å². The summed E-state index contributed by atoms with van der Waals surface area (Å²) >= 11 is 1.42. The molecule has 3 heterocycles. The van der Waals surface area contributed by atoms with Crippen LogP contribution < -0.4 is 5.56 Å². The molecule has 1 aliphatic heterocycles. The maximum Gasteiger partial charge on any atom is 0.272 e. The minimum Gasteiger partial charge on any atom is -0.359 e. The number of methoxy groups -OCH3 is 1. The number of nitrogens with zero attached hydrogens (tertiary/aromatic N) is 4. The van der Waals surface area contributed by atoms with Gasteiger partial charge in [-0.1, -0.05) is 32.5 Å². The summed E-state index contributed by atoms with van der Waals surface area (Å²) in [6.45, 7) is 6.64. The predicted octanol–water partition coefficient (Wildman–Crippen LogP) is 2.96. The van der Waals surface area contributed by atoms with Crippen LogP contribution in [-0.4, -0.2) is 40.8 Å². The number of nitriles is 1. The standard InChI is InChI=1S/C20H23FN4O3S/c1-20(2,3)17-15(21)5-13(7-23-17)16-14(6-22)18(26)25-8-12(9-28-11-27-4)10-29-19(25)24-16/h5,7,12H,8-11H2,1-4H3/t12-/m0/s1. The third kappa shape index (κ3) is 4.50. The van der Waals surface area contributed by atoms with Gasteiger partial charge in [-0.3, -0.25) is 14.3 Å². The molecule has 0 bridgehead atoms. The Kier molecular flexibility index (Phi) is 6.36. The lowest BCUT2D eigenvalue weighted by atomic mass is 9.90. The van der Waals surface area contributed by atoms with Crippen molar-refractivity contribution < 1.29 is 13.9 Å². The SMILES string of the molecule is COCOC[C@H]1CSc2nc(-c3cnc(C(C)(C)C)c(F)c3)c(C#N)c(=O)n2C1. The number of thioether (sulfide) groups is 1. The Hall–Kier alpha value is -2.28. The molecule has 2 aromatic rings. The van der Waals surface area contributed by atoms with E-state index in [2.05, 4.69) is 9.97 Å². The molecule has 0 unspecified atom stereocenters. The van der Waals surface area contributed by atoms with E-state index in [1.54, 1.807) is 7.11 Å². The van der Waals surface area contributed by atoms with Gasteiger partial charge >= 0.3 is 0 Å². The highest BCUT2D eigenvalue weighted by molar-refractivity contribution is 7.99. The van der Waals surface area contributed by atoms with Crippen molar-refractivity contribution in [1.29, 1.82) is 5.26 Å². The Labute approximate surface area is 172 Å². The summed E-state index contributed by atoms with van der Waals surface area (Å²) in [6.07, 6.45) is 1.47. The molecule has 0 spiro atoms. The average molecular weight is 418 g/mol. The first kappa shape index (κ1) is 21.4. The van der Waals surface area contributed by atoms with E-state index in [-0.39, 0.29) is 24.0 Å². The van der Waals surface area contributed by atoms with Crippen LogP contribution in [0.3, 0.4) is 0 Å². The van der Waals surface area contributed by atoms with Crippen molar-refractivity contribution in [3.05, 3.63) is 39.7 Å². The molecule has 3 rings (SSSR count). The topological polar surface area (TPSA) is 90.0 Å². The normalized spacial score (nSPS) is 16.3. The molecule has 154 valence electrons. The molecule has 0 amide bonds. The van der Waals surface area contributed by atoms with Gasteiger partial charge in [0.15, 0.2) is 5.16 Å². The second-order valence-corrected chi connectivity index (χ2v) is 8.89. The molecule has 9 heteroatoms. The zero-order valence-electron chi connectivity index (χ0n) is 16.9. The van der Waals surface area contributed by atoms with Crippen LogP contribution in [0.2, 0.25) is 0 Å². The van der Waals surface area contributed by atoms with Crippen molar-refractivity contribution in [2.45, 2.75) is 37.9 Å². The van der Waals surface area contributed by atoms with E-state index in [4.69, 9.17) is 9.47 Å². The Morgan fingerprint density at radius 3 is 2.83 bits per heavy atom. The lowest BCUT2D eigenvalue weighted by Crippen LogP contribution is -2.34. The molecule has 0 saturated carbocycles. The first-order valence-electron chi connectivity index (χ1n) is 9.17. The number of hydrogen-bond donors (Lipinski definition) is 0. The molecular formula is C20H23FN4O3S. The van der Waals surface area contributed by atoms with E-state index in [1.807, 2.05) is 26.8 Å². The van der Waals surface area contributed by atoms with E-state index in [0.717, 1.165) is 5.75 Å². The Bertz CT molecular complexity index is 1010. The van der Waals surface area contributed by atoms with E-state index < -0.39 is 16.8 Å². The monoisotopic (exact) mass is 418 g/mol. The van der Waals surface area contributed by atoms with Crippen LogP contribution in [0.5, 0.6) is 0 Å². The highest BCUT2D eigenvalue weighted by atomic mass is 32.2. The molecular weight excluding hydrogens is 395 g/mol. The minimum atomic E-state index is -0.485. The summed E-state index contributed by atoms with van der Waals surface area (Å²) in [5.41, 5.74) is -0.202. The number of rotatable bonds is 5. The van der Waals surface area contributed by atoms with Crippen molar-refractivity contribution in [3.63, 3.8) is 0 Å². The fraction of sp³-hybridized carbons (Fsp3) is 0.500. The summed E-state index contributed by atoms with van der Waals surface area (Å²) in [5.74, 6) is 0.336. The predicted molar refractivity (Wildman–Crippen MR) is 107 cm³/mol. The summed E-state index contributed by atoms with van der Waals surface area (Å²) in [7, 11) is 1.55. The molecule has 0 fully saturated rings. The molecule has 29 heavy (non-hydrogen) atoms. The zero-order valence-corrected chi connectivity index (χ0v) is 17.7. The van der Waals surface area contributed by atoms with Gasteiger partial charge in [0, 0.05) is 42.5 Å². The molecule has 0 radical (unpaired) electrons. The zero-order chi connectivity index (χ0) is 21.2. The van der Waals surface area contributed by atoms with Gasteiger partial charge in [0.2, 0.25) is 0 Å².